The summed E-state index contributed by atoms with van der Waals surface area (Å²) in [6, 6.07) is 8.49. The number of anilines is 3. The van der Waals surface area contributed by atoms with Crippen molar-refractivity contribution in [3.63, 3.8) is 0 Å². The van der Waals surface area contributed by atoms with Gasteiger partial charge in [0.25, 0.3) is 5.91 Å². The highest BCUT2D eigenvalue weighted by molar-refractivity contribution is 7.21. The number of nitrogen functional groups attached to an aromatic ring is 2. The van der Waals surface area contributed by atoms with Crippen molar-refractivity contribution in [1.82, 2.24) is 9.88 Å². The molecule has 1 fully saturated rings. The number of carbonyl (C=O) groups excluding carboxylic acids is 1. The molecule has 31 heavy (non-hydrogen) atoms. The minimum absolute atomic E-state index is 0.00144. The molecule has 7 nitrogen and oxygen atoms in total. The van der Waals surface area contributed by atoms with E-state index in [1.807, 2.05) is 13.8 Å². The van der Waals surface area contributed by atoms with Crippen LogP contribution < -0.4 is 16.4 Å². The lowest BCUT2D eigenvalue weighted by molar-refractivity contribution is 0.0752. The maximum atomic E-state index is 13.3. The van der Waals surface area contributed by atoms with Crippen LogP contribution in [0.2, 0.25) is 0 Å². The van der Waals surface area contributed by atoms with Gasteiger partial charge in [-0.25, -0.2) is 9.37 Å². The molecule has 0 bridgehead atoms. The van der Waals surface area contributed by atoms with Crippen LogP contribution >= 0.6 is 11.3 Å². The molecule has 4 rings (SSSR count). The second-order valence-electron chi connectivity index (χ2n) is 7.83. The van der Waals surface area contributed by atoms with Gasteiger partial charge >= 0.3 is 0 Å². The summed E-state index contributed by atoms with van der Waals surface area (Å²) in [6.07, 6.45) is 0. The topological polar surface area (TPSA) is 112 Å². The number of amides is 1. The summed E-state index contributed by atoms with van der Waals surface area (Å²) in [6.45, 7) is 6.26. The van der Waals surface area contributed by atoms with Crippen molar-refractivity contribution in [2.75, 3.05) is 42.5 Å². The lowest BCUT2D eigenvalue weighted by Gasteiger charge is -2.36. The van der Waals surface area contributed by atoms with Crippen LogP contribution in [-0.4, -0.2) is 42.0 Å². The Kier molecular flexibility index (Phi) is 5.41. The fourth-order valence-electron chi connectivity index (χ4n) is 4.02. The first kappa shape index (κ1) is 20.9. The van der Waals surface area contributed by atoms with Gasteiger partial charge in [0, 0.05) is 37.3 Å². The summed E-state index contributed by atoms with van der Waals surface area (Å²) in [5.74, 6) is -0.258. The number of halogens is 1. The van der Waals surface area contributed by atoms with Gasteiger partial charge < -0.3 is 21.3 Å². The van der Waals surface area contributed by atoms with Crippen LogP contribution in [-0.2, 0) is 0 Å². The number of thiophene rings is 1. The maximum absolute atomic E-state index is 13.3. The van der Waals surface area contributed by atoms with E-state index in [1.54, 1.807) is 17.0 Å². The number of piperazine rings is 1. The number of hydrogen-bond donors (Lipinski definition) is 2. The first-order chi connectivity index (χ1) is 14.8. The second kappa shape index (κ2) is 8.04. The first-order valence-electron chi connectivity index (χ1n) is 10.0. The van der Waals surface area contributed by atoms with E-state index >= 15 is 0 Å². The SMILES string of the molecule is CC(C)c1c(C#N)c(N)nc2sc(C(=O)N3CCN(c4ccc(F)cc4)CC3)c(N)c12. The van der Waals surface area contributed by atoms with Crippen LogP contribution in [0.1, 0.15) is 40.6 Å². The van der Waals surface area contributed by atoms with Crippen molar-refractivity contribution >= 4 is 44.7 Å². The zero-order chi connectivity index (χ0) is 22.3. The molecule has 160 valence electrons. The molecule has 0 spiro atoms. The average molecular weight is 439 g/mol. The highest BCUT2D eigenvalue weighted by atomic mass is 32.1. The number of nitrogens with two attached hydrogens (primary N) is 2. The van der Waals surface area contributed by atoms with Crippen LogP contribution in [0.3, 0.4) is 0 Å². The van der Waals surface area contributed by atoms with Crippen molar-refractivity contribution in [3.05, 3.63) is 46.1 Å². The standard InChI is InChI=1S/C22H23FN6OS/c1-12(2)16-15(11-24)20(26)27-21-17(16)18(25)19(31-21)22(30)29-9-7-28(8-10-29)14-5-3-13(23)4-6-14/h3-6,12H,7-10,25H2,1-2H3,(H2,26,27). The van der Waals surface area contributed by atoms with Gasteiger partial charge in [-0.05, 0) is 35.7 Å². The molecular formula is C22H23FN6OS. The third-order valence-corrected chi connectivity index (χ3v) is 6.67. The van der Waals surface area contributed by atoms with E-state index in [0.29, 0.717) is 52.5 Å². The summed E-state index contributed by atoms with van der Waals surface area (Å²) in [5.41, 5.74) is 14.8. The largest absolute Gasteiger partial charge is 0.397 e. The number of fused-ring (bicyclic) bond motifs is 1. The number of rotatable bonds is 3. The van der Waals surface area contributed by atoms with Crippen LogP contribution in [0.15, 0.2) is 24.3 Å². The predicted molar refractivity (Wildman–Crippen MR) is 122 cm³/mol. The summed E-state index contributed by atoms with van der Waals surface area (Å²) in [5, 5.41) is 10.2. The van der Waals surface area contributed by atoms with Gasteiger partial charge in [0.15, 0.2) is 0 Å². The van der Waals surface area contributed by atoms with Gasteiger partial charge in [-0.15, -0.1) is 11.3 Å². The molecule has 0 unspecified atom stereocenters. The minimum Gasteiger partial charge on any atom is -0.397 e. The van der Waals surface area contributed by atoms with E-state index in [2.05, 4.69) is 16.0 Å². The molecule has 0 atom stereocenters. The smallest absolute Gasteiger partial charge is 0.266 e. The van der Waals surface area contributed by atoms with E-state index in [0.717, 1.165) is 11.3 Å². The number of nitriles is 1. The third kappa shape index (κ3) is 3.64. The maximum Gasteiger partial charge on any atom is 0.266 e. The number of pyridine rings is 1. The average Bonchev–Trinajstić information content (AvgIpc) is 3.08. The highest BCUT2D eigenvalue weighted by Crippen LogP contribution is 2.41. The normalized spacial score (nSPS) is 14.3. The summed E-state index contributed by atoms with van der Waals surface area (Å²) < 4.78 is 13.2. The lowest BCUT2D eigenvalue weighted by Crippen LogP contribution is -2.48. The fraction of sp³-hybridized carbons (Fsp3) is 0.318. The molecule has 9 heteroatoms. The van der Waals surface area contributed by atoms with Crippen molar-refractivity contribution < 1.29 is 9.18 Å². The van der Waals surface area contributed by atoms with Crippen molar-refractivity contribution in [1.29, 1.82) is 5.26 Å². The second-order valence-corrected chi connectivity index (χ2v) is 8.83. The summed E-state index contributed by atoms with van der Waals surface area (Å²) in [4.78, 5) is 22.5. The summed E-state index contributed by atoms with van der Waals surface area (Å²) in [7, 11) is 0. The Morgan fingerprint density at radius 2 is 1.84 bits per heavy atom. The van der Waals surface area contributed by atoms with E-state index in [-0.39, 0.29) is 23.5 Å². The molecule has 3 heterocycles. The van der Waals surface area contributed by atoms with Crippen molar-refractivity contribution in [3.8, 4) is 6.07 Å². The number of benzene rings is 1. The van der Waals surface area contributed by atoms with E-state index < -0.39 is 0 Å². The molecule has 0 radical (unpaired) electrons. The van der Waals surface area contributed by atoms with Crippen LogP contribution in [0.25, 0.3) is 10.2 Å². The molecule has 2 aromatic heterocycles. The minimum atomic E-state index is -0.271. The Labute approximate surface area is 183 Å². The zero-order valence-electron chi connectivity index (χ0n) is 17.4. The van der Waals surface area contributed by atoms with Crippen LogP contribution in [0.5, 0.6) is 0 Å². The van der Waals surface area contributed by atoms with Gasteiger partial charge in [-0.3, -0.25) is 4.79 Å². The number of carbonyl (C=O) groups is 1. The van der Waals surface area contributed by atoms with Gasteiger partial charge in [0.1, 0.15) is 27.4 Å². The molecule has 3 aromatic rings. The monoisotopic (exact) mass is 438 g/mol. The predicted octanol–water partition coefficient (Wildman–Crippen LogP) is 3.56. The fourth-order valence-corrected chi connectivity index (χ4v) is 5.10. The number of nitrogens with zero attached hydrogens (tertiary/aromatic N) is 4. The van der Waals surface area contributed by atoms with Gasteiger partial charge in [-0.1, -0.05) is 13.8 Å². The third-order valence-electron chi connectivity index (χ3n) is 5.59. The van der Waals surface area contributed by atoms with Crippen LogP contribution in [0.4, 0.5) is 21.6 Å². The van der Waals surface area contributed by atoms with E-state index in [9.17, 15) is 14.4 Å². The first-order valence-corrected chi connectivity index (χ1v) is 10.8. The Morgan fingerprint density at radius 3 is 2.42 bits per heavy atom. The van der Waals surface area contributed by atoms with Gasteiger partial charge in [-0.2, -0.15) is 5.26 Å². The highest BCUT2D eigenvalue weighted by Gasteiger charge is 2.29. The van der Waals surface area contributed by atoms with Crippen molar-refractivity contribution in [2.24, 2.45) is 0 Å². The Balaban J connectivity index is 1.62. The Hall–Kier alpha value is -3.38. The number of aromatic nitrogens is 1. The quantitative estimate of drug-likeness (QED) is 0.647. The Bertz CT molecular complexity index is 1190. The van der Waals surface area contributed by atoms with E-state index in [1.165, 1.54) is 23.5 Å². The molecular weight excluding hydrogens is 415 g/mol. The molecule has 1 saturated heterocycles. The van der Waals surface area contributed by atoms with Crippen LogP contribution in [0, 0.1) is 17.1 Å². The molecule has 0 saturated carbocycles. The molecule has 1 aromatic carbocycles. The number of hydrogen-bond acceptors (Lipinski definition) is 7. The van der Waals surface area contributed by atoms with Crippen molar-refractivity contribution in [2.45, 2.75) is 19.8 Å². The molecule has 1 aliphatic rings. The van der Waals surface area contributed by atoms with Gasteiger partial charge in [0.05, 0.1) is 11.3 Å². The zero-order valence-corrected chi connectivity index (χ0v) is 18.2. The van der Waals surface area contributed by atoms with E-state index in [4.69, 9.17) is 11.5 Å². The lowest BCUT2D eigenvalue weighted by atomic mass is 9.95. The summed E-state index contributed by atoms with van der Waals surface area (Å²) >= 11 is 1.22. The Morgan fingerprint density at radius 1 is 1.19 bits per heavy atom. The molecule has 1 amide bonds. The molecule has 4 N–H and O–H groups in total. The van der Waals surface area contributed by atoms with Gasteiger partial charge in [0.2, 0.25) is 0 Å². The molecule has 0 aliphatic carbocycles. The molecule has 1 aliphatic heterocycles.